The molecule has 0 aromatic carbocycles. The van der Waals surface area contributed by atoms with Gasteiger partial charge in [-0.25, -0.2) is 9.48 Å². The summed E-state index contributed by atoms with van der Waals surface area (Å²) in [6, 6.07) is 1.82. The smallest absolute Gasteiger partial charge is 0.413 e. The average molecular weight is 281 g/mol. The Morgan fingerprint density at radius 1 is 1.50 bits per heavy atom. The molecule has 20 heavy (non-hydrogen) atoms. The molecule has 2 heterocycles. The van der Waals surface area contributed by atoms with Crippen LogP contribution in [0.5, 0.6) is 0 Å². The molecule has 2 rings (SSSR count). The van der Waals surface area contributed by atoms with Gasteiger partial charge in [0.2, 0.25) is 0 Å². The molecule has 1 amide bonds. The highest BCUT2D eigenvalue weighted by atomic mass is 16.6. The van der Waals surface area contributed by atoms with E-state index in [0.29, 0.717) is 5.82 Å². The average Bonchev–Trinajstić information content (AvgIpc) is 2.68. The first-order chi connectivity index (χ1) is 9.35. The van der Waals surface area contributed by atoms with Crippen molar-refractivity contribution in [3.63, 3.8) is 0 Å². The molecule has 0 radical (unpaired) electrons. The molecule has 6 heteroatoms. The summed E-state index contributed by atoms with van der Waals surface area (Å²) in [6.07, 6.45) is 2.66. The Hall–Kier alpha value is -1.56. The van der Waals surface area contributed by atoms with Crippen molar-refractivity contribution in [1.29, 1.82) is 0 Å². The molecule has 0 aliphatic carbocycles. The van der Waals surface area contributed by atoms with Crippen LogP contribution in [-0.2, 0) is 9.47 Å². The molecule has 1 aromatic heterocycles. The van der Waals surface area contributed by atoms with Gasteiger partial charge in [0.05, 0.1) is 0 Å². The number of carbonyl (C=O) groups is 1. The van der Waals surface area contributed by atoms with Crippen LogP contribution in [0.25, 0.3) is 0 Å². The fourth-order valence-electron chi connectivity index (χ4n) is 2.17. The van der Waals surface area contributed by atoms with Gasteiger partial charge in [-0.3, -0.25) is 5.32 Å². The van der Waals surface area contributed by atoms with Gasteiger partial charge in [-0.05, 0) is 47.0 Å². The molecule has 1 saturated heterocycles. The number of nitrogens with zero attached hydrogens (tertiary/aromatic N) is 2. The standard InChI is InChI=1S/C14H23N3O3/c1-10-9-11(15-13(18)20-14(2,3)4)16-17(10)12-7-5-6-8-19-12/h9,12H,5-8H2,1-4H3,(H,15,16,18). The number of amides is 1. The lowest BCUT2D eigenvalue weighted by atomic mass is 10.2. The van der Waals surface area contributed by atoms with Gasteiger partial charge in [0.25, 0.3) is 0 Å². The molecule has 1 unspecified atom stereocenters. The summed E-state index contributed by atoms with van der Waals surface area (Å²) in [5, 5.41) is 7.03. The van der Waals surface area contributed by atoms with E-state index >= 15 is 0 Å². The summed E-state index contributed by atoms with van der Waals surface area (Å²) in [5.74, 6) is 0.492. The molecule has 1 aromatic rings. The predicted octanol–water partition coefficient (Wildman–Crippen LogP) is 3.24. The van der Waals surface area contributed by atoms with Crippen LogP contribution in [0.4, 0.5) is 10.6 Å². The largest absolute Gasteiger partial charge is 0.444 e. The highest BCUT2D eigenvalue weighted by Crippen LogP contribution is 2.24. The zero-order valence-corrected chi connectivity index (χ0v) is 12.6. The van der Waals surface area contributed by atoms with E-state index < -0.39 is 11.7 Å². The van der Waals surface area contributed by atoms with Gasteiger partial charge in [0.15, 0.2) is 12.0 Å². The van der Waals surface area contributed by atoms with E-state index in [-0.39, 0.29) is 6.23 Å². The van der Waals surface area contributed by atoms with Crippen molar-refractivity contribution in [2.45, 2.75) is 58.8 Å². The van der Waals surface area contributed by atoms with Crippen LogP contribution in [0.1, 0.15) is 52.0 Å². The van der Waals surface area contributed by atoms with Crippen LogP contribution >= 0.6 is 0 Å². The fourth-order valence-corrected chi connectivity index (χ4v) is 2.17. The number of hydrogen-bond acceptors (Lipinski definition) is 4. The lowest BCUT2D eigenvalue weighted by Gasteiger charge is -2.23. The predicted molar refractivity (Wildman–Crippen MR) is 75.7 cm³/mol. The lowest BCUT2D eigenvalue weighted by molar-refractivity contribution is -0.0405. The van der Waals surface area contributed by atoms with Gasteiger partial charge < -0.3 is 9.47 Å². The highest BCUT2D eigenvalue weighted by molar-refractivity contribution is 5.83. The molecule has 6 nitrogen and oxygen atoms in total. The summed E-state index contributed by atoms with van der Waals surface area (Å²) in [6.45, 7) is 8.19. The van der Waals surface area contributed by atoms with Gasteiger partial charge in [-0.2, -0.15) is 5.10 Å². The minimum Gasteiger partial charge on any atom is -0.444 e. The van der Waals surface area contributed by atoms with Gasteiger partial charge in [0, 0.05) is 18.4 Å². The molecule has 112 valence electrons. The van der Waals surface area contributed by atoms with E-state index in [1.54, 1.807) is 0 Å². The lowest BCUT2D eigenvalue weighted by Crippen LogP contribution is -2.27. The molecule has 1 fully saturated rings. The number of anilines is 1. The maximum absolute atomic E-state index is 11.7. The Balaban J connectivity index is 2.01. The number of hydrogen-bond donors (Lipinski definition) is 1. The molecule has 1 aliphatic rings. The van der Waals surface area contributed by atoms with E-state index in [9.17, 15) is 4.79 Å². The molecule has 0 saturated carbocycles. The Labute approximate surface area is 119 Å². The van der Waals surface area contributed by atoms with Crippen LogP contribution in [0, 0.1) is 6.92 Å². The van der Waals surface area contributed by atoms with Crippen molar-refractivity contribution in [2.75, 3.05) is 11.9 Å². The van der Waals surface area contributed by atoms with Gasteiger partial charge in [0.1, 0.15) is 5.60 Å². The molecule has 1 atom stereocenters. The first-order valence-corrected chi connectivity index (χ1v) is 7.03. The summed E-state index contributed by atoms with van der Waals surface area (Å²) in [5.41, 5.74) is 0.441. The van der Waals surface area contributed by atoms with Crippen molar-refractivity contribution in [3.05, 3.63) is 11.8 Å². The second-order valence-electron chi connectivity index (χ2n) is 6.06. The zero-order chi connectivity index (χ0) is 14.8. The molecule has 1 N–H and O–H groups in total. The van der Waals surface area contributed by atoms with E-state index in [2.05, 4.69) is 10.4 Å². The highest BCUT2D eigenvalue weighted by Gasteiger charge is 2.21. The Kier molecular flexibility index (Phi) is 4.32. The first-order valence-electron chi connectivity index (χ1n) is 7.03. The number of carbonyl (C=O) groups excluding carboxylic acids is 1. The van der Waals surface area contributed by atoms with Crippen LogP contribution < -0.4 is 5.32 Å². The molecule has 1 aliphatic heterocycles. The second kappa shape index (κ2) is 5.83. The molecule has 0 bridgehead atoms. The van der Waals surface area contributed by atoms with Crippen molar-refractivity contribution >= 4 is 11.9 Å². The van der Waals surface area contributed by atoms with E-state index in [4.69, 9.17) is 9.47 Å². The molecular weight excluding hydrogens is 258 g/mol. The minimum absolute atomic E-state index is 0.0297. The normalized spacial score (nSPS) is 19.7. The number of ether oxygens (including phenoxy) is 2. The second-order valence-corrected chi connectivity index (χ2v) is 6.06. The number of nitrogens with one attached hydrogen (secondary N) is 1. The van der Waals surface area contributed by atoms with Gasteiger partial charge in [-0.1, -0.05) is 0 Å². The van der Waals surface area contributed by atoms with Crippen LogP contribution in [-0.4, -0.2) is 28.1 Å². The van der Waals surface area contributed by atoms with Gasteiger partial charge >= 0.3 is 6.09 Å². The van der Waals surface area contributed by atoms with Crippen molar-refractivity contribution in [3.8, 4) is 0 Å². The van der Waals surface area contributed by atoms with E-state index in [1.807, 2.05) is 38.4 Å². The van der Waals surface area contributed by atoms with Crippen LogP contribution in [0.15, 0.2) is 6.07 Å². The van der Waals surface area contributed by atoms with Crippen molar-refractivity contribution in [1.82, 2.24) is 9.78 Å². The number of rotatable bonds is 2. The monoisotopic (exact) mass is 281 g/mol. The summed E-state index contributed by atoms with van der Waals surface area (Å²) in [7, 11) is 0. The summed E-state index contributed by atoms with van der Waals surface area (Å²) < 4.78 is 12.7. The minimum atomic E-state index is -0.520. The number of aromatic nitrogens is 2. The SMILES string of the molecule is Cc1cc(NC(=O)OC(C)(C)C)nn1C1CCCCO1. The van der Waals surface area contributed by atoms with E-state index in [0.717, 1.165) is 31.6 Å². The Bertz CT molecular complexity index is 470. The molecule has 0 spiro atoms. The quantitative estimate of drug-likeness (QED) is 0.903. The third kappa shape index (κ3) is 3.96. The maximum Gasteiger partial charge on any atom is 0.413 e. The van der Waals surface area contributed by atoms with Crippen LogP contribution in [0.3, 0.4) is 0 Å². The third-order valence-corrected chi connectivity index (χ3v) is 2.98. The fraction of sp³-hybridized carbons (Fsp3) is 0.714. The Morgan fingerprint density at radius 3 is 2.85 bits per heavy atom. The molecular formula is C14H23N3O3. The summed E-state index contributed by atoms with van der Waals surface area (Å²) in [4.78, 5) is 11.7. The van der Waals surface area contributed by atoms with Crippen LogP contribution in [0.2, 0.25) is 0 Å². The zero-order valence-electron chi connectivity index (χ0n) is 12.6. The summed E-state index contributed by atoms with van der Waals surface area (Å²) >= 11 is 0. The third-order valence-electron chi connectivity index (χ3n) is 2.98. The number of aryl methyl sites for hydroxylation is 1. The topological polar surface area (TPSA) is 65.4 Å². The maximum atomic E-state index is 11.7. The van der Waals surface area contributed by atoms with E-state index in [1.165, 1.54) is 0 Å². The van der Waals surface area contributed by atoms with Crippen molar-refractivity contribution in [2.24, 2.45) is 0 Å². The van der Waals surface area contributed by atoms with Gasteiger partial charge in [-0.15, -0.1) is 0 Å². The first kappa shape index (κ1) is 14.8. The van der Waals surface area contributed by atoms with Crippen molar-refractivity contribution < 1.29 is 14.3 Å². The Morgan fingerprint density at radius 2 is 2.25 bits per heavy atom.